The van der Waals surface area contributed by atoms with Crippen molar-refractivity contribution in [2.75, 3.05) is 13.2 Å². The maximum atomic E-state index is 12.1. The van der Waals surface area contributed by atoms with E-state index >= 15 is 0 Å². The highest BCUT2D eigenvalue weighted by molar-refractivity contribution is 5.76. The molecule has 0 aromatic carbocycles. The maximum absolute atomic E-state index is 12.1. The lowest BCUT2D eigenvalue weighted by Crippen LogP contribution is -2.52. The lowest BCUT2D eigenvalue weighted by molar-refractivity contribution is -0.138. The fraction of sp³-hybridized carbons (Fsp3) is 0.867. The first kappa shape index (κ1) is 16.1. The smallest absolute Gasteiger partial charge is 0.315 e. The van der Waals surface area contributed by atoms with Crippen LogP contribution in [0.5, 0.6) is 0 Å². The highest BCUT2D eigenvalue weighted by Crippen LogP contribution is 2.32. The molecule has 120 valence electrons. The highest BCUT2D eigenvalue weighted by Gasteiger charge is 2.37. The van der Waals surface area contributed by atoms with Crippen molar-refractivity contribution in [2.45, 2.75) is 63.5 Å². The molecule has 2 rings (SSSR count). The maximum Gasteiger partial charge on any atom is 0.315 e. The van der Waals surface area contributed by atoms with Crippen LogP contribution in [-0.4, -0.2) is 41.9 Å². The quantitative estimate of drug-likeness (QED) is 0.699. The Morgan fingerprint density at radius 3 is 2.67 bits per heavy atom. The van der Waals surface area contributed by atoms with Gasteiger partial charge in [-0.3, -0.25) is 4.79 Å². The molecule has 6 heteroatoms. The van der Waals surface area contributed by atoms with Gasteiger partial charge in [-0.1, -0.05) is 19.8 Å². The van der Waals surface area contributed by atoms with Crippen molar-refractivity contribution < 1.29 is 19.4 Å². The molecule has 1 heterocycles. The van der Waals surface area contributed by atoms with Gasteiger partial charge in [-0.2, -0.15) is 0 Å². The van der Waals surface area contributed by atoms with Gasteiger partial charge in [0.1, 0.15) is 0 Å². The van der Waals surface area contributed by atoms with E-state index in [0.29, 0.717) is 12.5 Å². The molecule has 0 radical (unpaired) electrons. The fourth-order valence-electron chi connectivity index (χ4n) is 3.57. The van der Waals surface area contributed by atoms with Gasteiger partial charge < -0.3 is 20.5 Å². The highest BCUT2D eigenvalue weighted by atomic mass is 16.5. The molecule has 1 aliphatic carbocycles. The lowest BCUT2D eigenvalue weighted by atomic mass is 9.93. The monoisotopic (exact) mass is 298 g/mol. The summed E-state index contributed by atoms with van der Waals surface area (Å²) in [6.07, 6.45) is 5.60. The zero-order valence-electron chi connectivity index (χ0n) is 12.7. The van der Waals surface area contributed by atoms with Crippen LogP contribution in [0.3, 0.4) is 0 Å². The van der Waals surface area contributed by atoms with Gasteiger partial charge in [0, 0.05) is 19.1 Å². The summed E-state index contributed by atoms with van der Waals surface area (Å²) in [5.74, 6) is -0.493. The Bertz CT molecular complexity index is 380. The summed E-state index contributed by atoms with van der Waals surface area (Å²) in [5.41, 5.74) is -0.563. The Balaban J connectivity index is 1.81. The van der Waals surface area contributed by atoms with E-state index in [1.54, 1.807) is 0 Å². The van der Waals surface area contributed by atoms with Crippen LogP contribution >= 0.6 is 0 Å². The molecule has 0 aromatic rings. The second-order valence-electron chi connectivity index (χ2n) is 6.26. The summed E-state index contributed by atoms with van der Waals surface area (Å²) in [5, 5.41) is 14.8. The van der Waals surface area contributed by atoms with Gasteiger partial charge in [0.15, 0.2) is 0 Å². The van der Waals surface area contributed by atoms with Gasteiger partial charge in [0.05, 0.1) is 18.1 Å². The van der Waals surface area contributed by atoms with E-state index in [0.717, 1.165) is 45.1 Å². The van der Waals surface area contributed by atoms with Crippen LogP contribution in [0.2, 0.25) is 0 Å². The Morgan fingerprint density at radius 1 is 1.33 bits per heavy atom. The summed E-state index contributed by atoms with van der Waals surface area (Å²) in [7, 11) is 0. The van der Waals surface area contributed by atoms with Crippen molar-refractivity contribution in [3.05, 3.63) is 0 Å². The molecule has 1 aliphatic heterocycles. The van der Waals surface area contributed by atoms with Crippen molar-refractivity contribution in [3.63, 3.8) is 0 Å². The first-order chi connectivity index (χ1) is 10.0. The van der Waals surface area contributed by atoms with E-state index in [4.69, 9.17) is 9.84 Å². The van der Waals surface area contributed by atoms with E-state index in [1.165, 1.54) is 0 Å². The molecular formula is C15H26N2O4. The van der Waals surface area contributed by atoms with Gasteiger partial charge in [0.2, 0.25) is 0 Å². The number of urea groups is 1. The second kappa shape index (κ2) is 7.11. The first-order valence-electron chi connectivity index (χ1n) is 7.94. The van der Waals surface area contributed by atoms with Gasteiger partial charge in [0.25, 0.3) is 0 Å². The minimum absolute atomic E-state index is 0.00451. The summed E-state index contributed by atoms with van der Waals surface area (Å²) in [6, 6.07) is -0.250. The largest absolute Gasteiger partial charge is 0.481 e. The first-order valence-corrected chi connectivity index (χ1v) is 7.94. The van der Waals surface area contributed by atoms with Crippen LogP contribution in [0.25, 0.3) is 0 Å². The van der Waals surface area contributed by atoms with E-state index in [9.17, 15) is 9.59 Å². The van der Waals surface area contributed by atoms with Gasteiger partial charge >= 0.3 is 12.0 Å². The number of aliphatic carboxylic acids is 1. The molecule has 3 N–H and O–H groups in total. The third-order valence-electron chi connectivity index (χ3n) is 4.70. The molecule has 2 amide bonds. The van der Waals surface area contributed by atoms with E-state index in [-0.39, 0.29) is 18.6 Å². The van der Waals surface area contributed by atoms with Crippen LogP contribution in [-0.2, 0) is 9.53 Å². The zero-order chi connectivity index (χ0) is 15.3. The van der Waals surface area contributed by atoms with Crippen LogP contribution in [0.4, 0.5) is 4.79 Å². The molecule has 1 saturated carbocycles. The number of carbonyl (C=O) groups is 2. The van der Waals surface area contributed by atoms with E-state index < -0.39 is 11.5 Å². The second-order valence-corrected chi connectivity index (χ2v) is 6.26. The van der Waals surface area contributed by atoms with Gasteiger partial charge in [-0.15, -0.1) is 0 Å². The molecule has 6 nitrogen and oxygen atoms in total. The lowest BCUT2D eigenvalue weighted by Gasteiger charge is -2.29. The average molecular weight is 298 g/mol. The molecule has 2 aliphatic rings. The summed E-state index contributed by atoms with van der Waals surface area (Å²) in [4.78, 5) is 23.1. The predicted octanol–water partition coefficient (Wildman–Crippen LogP) is 1.89. The molecule has 2 atom stereocenters. The molecule has 0 spiro atoms. The topological polar surface area (TPSA) is 87.7 Å². The normalized spacial score (nSPS) is 27.5. The van der Waals surface area contributed by atoms with Crippen molar-refractivity contribution >= 4 is 12.0 Å². The molecule has 2 unspecified atom stereocenters. The Labute approximate surface area is 125 Å². The Hall–Kier alpha value is -1.30. The Morgan fingerprint density at radius 2 is 2.05 bits per heavy atom. The van der Waals surface area contributed by atoms with Gasteiger partial charge in [-0.05, 0) is 25.7 Å². The molecule has 0 aromatic heterocycles. The van der Waals surface area contributed by atoms with Crippen molar-refractivity contribution in [2.24, 2.45) is 5.92 Å². The summed E-state index contributed by atoms with van der Waals surface area (Å²) < 4.78 is 5.60. The van der Waals surface area contributed by atoms with E-state index in [1.807, 2.05) is 0 Å². The SMILES string of the molecule is CCC1OCCC1CNC(=O)NC1(CC(=O)O)CCCC1. The van der Waals surface area contributed by atoms with Crippen molar-refractivity contribution in [1.82, 2.24) is 10.6 Å². The van der Waals surface area contributed by atoms with Gasteiger partial charge in [-0.25, -0.2) is 4.79 Å². The van der Waals surface area contributed by atoms with Crippen LogP contribution in [0.1, 0.15) is 51.9 Å². The van der Waals surface area contributed by atoms with Crippen molar-refractivity contribution in [1.29, 1.82) is 0 Å². The van der Waals surface area contributed by atoms with Crippen LogP contribution in [0, 0.1) is 5.92 Å². The number of ether oxygens (including phenoxy) is 1. The third-order valence-corrected chi connectivity index (χ3v) is 4.70. The number of carboxylic acid groups (broad SMARTS) is 1. The molecule has 21 heavy (non-hydrogen) atoms. The molecule has 2 fully saturated rings. The number of carbonyl (C=O) groups excluding carboxylic acids is 1. The number of amides is 2. The summed E-state index contributed by atoms with van der Waals surface area (Å²) in [6.45, 7) is 3.44. The van der Waals surface area contributed by atoms with Crippen LogP contribution in [0.15, 0.2) is 0 Å². The average Bonchev–Trinajstić information content (AvgIpc) is 3.04. The third kappa shape index (κ3) is 4.33. The molecular weight excluding hydrogens is 272 g/mol. The van der Waals surface area contributed by atoms with Crippen molar-refractivity contribution in [3.8, 4) is 0 Å². The van der Waals surface area contributed by atoms with E-state index in [2.05, 4.69) is 17.6 Å². The minimum Gasteiger partial charge on any atom is -0.481 e. The number of nitrogens with one attached hydrogen (secondary N) is 2. The molecule has 0 bridgehead atoms. The number of hydrogen-bond acceptors (Lipinski definition) is 3. The number of hydrogen-bond donors (Lipinski definition) is 3. The number of rotatable bonds is 6. The zero-order valence-corrected chi connectivity index (χ0v) is 12.7. The van der Waals surface area contributed by atoms with Crippen LogP contribution < -0.4 is 10.6 Å². The number of carboxylic acids is 1. The predicted molar refractivity (Wildman–Crippen MR) is 78.1 cm³/mol. The summed E-state index contributed by atoms with van der Waals surface area (Å²) >= 11 is 0. The minimum atomic E-state index is -0.854. The standard InChI is InChI=1S/C15H26N2O4/c1-2-12-11(5-8-21-12)10-16-14(20)17-15(9-13(18)19)6-3-4-7-15/h11-12H,2-10H2,1H3,(H,18,19)(H2,16,17,20). The molecule has 1 saturated heterocycles. The fourth-order valence-corrected chi connectivity index (χ4v) is 3.57. The Kier molecular flexibility index (Phi) is 5.45.